The molecule has 0 atom stereocenters. The minimum atomic E-state index is 0.546. The third-order valence-electron chi connectivity index (χ3n) is 1.08. The average Bonchev–Trinajstić information content (AvgIpc) is 2.34. The molecule has 0 saturated heterocycles. The normalized spacial score (nSPS) is 10.0. The van der Waals surface area contributed by atoms with Gasteiger partial charge in [0.2, 0.25) is 0 Å². The minimum absolute atomic E-state index is 0.546. The summed E-state index contributed by atoms with van der Waals surface area (Å²) in [5.41, 5.74) is 1.15. The van der Waals surface area contributed by atoms with E-state index in [-0.39, 0.29) is 0 Å². The van der Waals surface area contributed by atoms with E-state index in [1.165, 1.54) is 0 Å². The standard InChI is InChI=1S/C6H8ClNS/c1-2-5-4-9-6(3-7)8-5/h4H,2-3H2,1H3. The molecule has 0 saturated carbocycles. The van der Waals surface area contributed by atoms with Gasteiger partial charge in [-0.05, 0) is 6.42 Å². The quantitative estimate of drug-likeness (QED) is 0.608. The molecule has 50 valence electrons. The fourth-order valence-electron chi connectivity index (χ4n) is 0.573. The Morgan fingerprint density at radius 2 is 2.56 bits per heavy atom. The Morgan fingerprint density at radius 3 is 2.89 bits per heavy atom. The average molecular weight is 162 g/mol. The minimum Gasteiger partial charge on any atom is -0.245 e. The lowest BCUT2D eigenvalue weighted by atomic mass is 10.4. The molecule has 1 nitrogen and oxygen atoms in total. The summed E-state index contributed by atoms with van der Waals surface area (Å²) in [7, 11) is 0. The Morgan fingerprint density at radius 1 is 1.78 bits per heavy atom. The van der Waals surface area contributed by atoms with E-state index in [1.54, 1.807) is 11.3 Å². The molecule has 0 N–H and O–H groups in total. The van der Waals surface area contributed by atoms with Crippen molar-refractivity contribution in [1.82, 2.24) is 4.98 Å². The van der Waals surface area contributed by atoms with Gasteiger partial charge in [-0.15, -0.1) is 22.9 Å². The molecule has 0 unspecified atom stereocenters. The van der Waals surface area contributed by atoms with Crippen LogP contribution in [0.15, 0.2) is 5.38 Å². The molecule has 0 amide bonds. The van der Waals surface area contributed by atoms with Gasteiger partial charge in [-0.2, -0.15) is 0 Å². The number of aromatic nitrogens is 1. The highest BCUT2D eigenvalue weighted by Gasteiger charge is 1.95. The third-order valence-corrected chi connectivity index (χ3v) is 2.39. The number of halogens is 1. The largest absolute Gasteiger partial charge is 0.245 e. The van der Waals surface area contributed by atoms with Crippen molar-refractivity contribution >= 4 is 22.9 Å². The molecule has 9 heavy (non-hydrogen) atoms. The van der Waals surface area contributed by atoms with Crippen LogP contribution < -0.4 is 0 Å². The lowest BCUT2D eigenvalue weighted by molar-refractivity contribution is 1.04. The summed E-state index contributed by atoms with van der Waals surface area (Å²) in [5, 5.41) is 3.08. The van der Waals surface area contributed by atoms with Crippen molar-refractivity contribution in [3.8, 4) is 0 Å². The molecular weight excluding hydrogens is 154 g/mol. The van der Waals surface area contributed by atoms with Gasteiger partial charge in [-0.3, -0.25) is 0 Å². The summed E-state index contributed by atoms with van der Waals surface area (Å²) >= 11 is 7.18. The number of nitrogens with zero attached hydrogens (tertiary/aromatic N) is 1. The fourth-order valence-corrected chi connectivity index (χ4v) is 1.55. The van der Waals surface area contributed by atoms with Crippen molar-refractivity contribution in [2.45, 2.75) is 19.2 Å². The zero-order chi connectivity index (χ0) is 6.69. The Kier molecular flexibility index (Phi) is 2.49. The first-order chi connectivity index (χ1) is 4.36. The molecule has 0 fully saturated rings. The van der Waals surface area contributed by atoms with Crippen LogP contribution in [0.5, 0.6) is 0 Å². The van der Waals surface area contributed by atoms with Gasteiger partial charge >= 0.3 is 0 Å². The summed E-state index contributed by atoms with van der Waals surface area (Å²) in [6.07, 6.45) is 1.01. The fraction of sp³-hybridized carbons (Fsp3) is 0.500. The molecule has 0 aliphatic heterocycles. The van der Waals surface area contributed by atoms with Crippen molar-refractivity contribution in [2.24, 2.45) is 0 Å². The second-order valence-corrected chi connectivity index (χ2v) is 2.93. The molecule has 1 aromatic rings. The maximum Gasteiger partial charge on any atom is 0.108 e. The van der Waals surface area contributed by atoms with Gasteiger partial charge in [-0.25, -0.2) is 4.98 Å². The smallest absolute Gasteiger partial charge is 0.108 e. The van der Waals surface area contributed by atoms with Crippen LogP contribution in [0.25, 0.3) is 0 Å². The van der Waals surface area contributed by atoms with Crippen molar-refractivity contribution < 1.29 is 0 Å². The van der Waals surface area contributed by atoms with E-state index in [1.807, 2.05) is 0 Å². The van der Waals surface area contributed by atoms with Crippen LogP contribution in [0.3, 0.4) is 0 Å². The lowest BCUT2D eigenvalue weighted by Gasteiger charge is -1.82. The van der Waals surface area contributed by atoms with E-state index >= 15 is 0 Å². The summed E-state index contributed by atoms with van der Waals surface area (Å²) in [6, 6.07) is 0. The Hall–Kier alpha value is -0.0800. The molecule has 0 aliphatic carbocycles. The molecule has 0 aromatic carbocycles. The third kappa shape index (κ3) is 1.66. The molecular formula is C6H8ClNS. The van der Waals surface area contributed by atoms with E-state index < -0.39 is 0 Å². The van der Waals surface area contributed by atoms with Gasteiger partial charge in [0.25, 0.3) is 0 Å². The summed E-state index contributed by atoms with van der Waals surface area (Å²) < 4.78 is 0. The molecule has 1 aromatic heterocycles. The van der Waals surface area contributed by atoms with Gasteiger partial charge in [0.15, 0.2) is 0 Å². The molecule has 1 rings (SSSR count). The highest BCUT2D eigenvalue weighted by atomic mass is 35.5. The zero-order valence-electron chi connectivity index (χ0n) is 5.22. The lowest BCUT2D eigenvalue weighted by Crippen LogP contribution is -1.79. The number of aryl methyl sites for hydroxylation is 1. The van der Waals surface area contributed by atoms with Gasteiger partial charge < -0.3 is 0 Å². The van der Waals surface area contributed by atoms with Gasteiger partial charge in [0.05, 0.1) is 11.6 Å². The molecule has 0 bridgehead atoms. The summed E-state index contributed by atoms with van der Waals surface area (Å²) in [6.45, 7) is 2.09. The zero-order valence-corrected chi connectivity index (χ0v) is 6.80. The van der Waals surface area contributed by atoms with Gasteiger partial charge in [0, 0.05) is 5.38 Å². The van der Waals surface area contributed by atoms with Gasteiger partial charge in [0.1, 0.15) is 5.01 Å². The van der Waals surface area contributed by atoms with Crippen LogP contribution in [0.1, 0.15) is 17.6 Å². The van der Waals surface area contributed by atoms with Crippen molar-refractivity contribution in [1.29, 1.82) is 0 Å². The molecule has 0 aliphatic rings. The Bertz CT molecular complexity index is 166. The number of thiazole rings is 1. The molecule has 3 heteroatoms. The van der Waals surface area contributed by atoms with Crippen molar-refractivity contribution in [2.75, 3.05) is 0 Å². The van der Waals surface area contributed by atoms with Crippen LogP contribution in [0, 0.1) is 0 Å². The SMILES string of the molecule is CCc1csc(CCl)n1. The molecule has 0 spiro atoms. The maximum atomic E-state index is 5.55. The van der Waals surface area contributed by atoms with Crippen LogP contribution in [0.4, 0.5) is 0 Å². The van der Waals surface area contributed by atoms with Crippen LogP contribution >= 0.6 is 22.9 Å². The van der Waals surface area contributed by atoms with Gasteiger partial charge in [-0.1, -0.05) is 6.92 Å². The second kappa shape index (κ2) is 3.18. The van der Waals surface area contributed by atoms with Crippen LogP contribution in [-0.4, -0.2) is 4.98 Å². The molecule has 1 heterocycles. The first-order valence-electron chi connectivity index (χ1n) is 2.86. The Balaban J connectivity index is 2.74. The number of hydrogen-bond acceptors (Lipinski definition) is 2. The van der Waals surface area contributed by atoms with E-state index in [0.29, 0.717) is 5.88 Å². The highest BCUT2D eigenvalue weighted by Crippen LogP contribution is 2.11. The van der Waals surface area contributed by atoms with Crippen LogP contribution in [0.2, 0.25) is 0 Å². The number of alkyl halides is 1. The highest BCUT2D eigenvalue weighted by molar-refractivity contribution is 7.09. The predicted octanol–water partition coefficient (Wildman–Crippen LogP) is 2.44. The van der Waals surface area contributed by atoms with E-state index in [9.17, 15) is 0 Å². The first kappa shape index (κ1) is 7.03. The predicted molar refractivity (Wildman–Crippen MR) is 41.0 cm³/mol. The van der Waals surface area contributed by atoms with Crippen molar-refractivity contribution in [3.63, 3.8) is 0 Å². The topological polar surface area (TPSA) is 12.9 Å². The van der Waals surface area contributed by atoms with Crippen LogP contribution in [-0.2, 0) is 12.3 Å². The monoisotopic (exact) mass is 161 g/mol. The number of hydrogen-bond donors (Lipinski definition) is 0. The summed E-state index contributed by atoms with van der Waals surface area (Å²) in [5.74, 6) is 0.546. The molecule has 0 radical (unpaired) electrons. The van der Waals surface area contributed by atoms with E-state index in [0.717, 1.165) is 17.1 Å². The maximum absolute atomic E-state index is 5.55. The Labute approximate surface area is 63.7 Å². The van der Waals surface area contributed by atoms with E-state index in [2.05, 4.69) is 17.3 Å². The van der Waals surface area contributed by atoms with E-state index in [4.69, 9.17) is 11.6 Å². The summed E-state index contributed by atoms with van der Waals surface area (Å²) in [4.78, 5) is 4.23. The van der Waals surface area contributed by atoms with Crippen molar-refractivity contribution in [3.05, 3.63) is 16.1 Å². The second-order valence-electron chi connectivity index (χ2n) is 1.72. The number of rotatable bonds is 2. The first-order valence-corrected chi connectivity index (χ1v) is 4.27.